The van der Waals surface area contributed by atoms with E-state index < -0.39 is 36.2 Å². The Kier molecular flexibility index (Phi) is 10.4. The number of ether oxygens (including phenoxy) is 1. The molecule has 2 aromatic rings. The molecule has 0 aromatic heterocycles. The van der Waals surface area contributed by atoms with Crippen molar-refractivity contribution in [3.63, 3.8) is 0 Å². The summed E-state index contributed by atoms with van der Waals surface area (Å²) < 4.78 is 5.64. The molecule has 1 aliphatic rings. The molecule has 1 aliphatic carbocycles. The van der Waals surface area contributed by atoms with E-state index in [1.165, 1.54) is 6.07 Å². The third-order valence-electron chi connectivity index (χ3n) is 7.63. The predicted octanol–water partition coefficient (Wildman–Crippen LogP) is 2.36. The van der Waals surface area contributed by atoms with E-state index in [1.54, 1.807) is 13.2 Å². The van der Waals surface area contributed by atoms with Crippen LogP contribution in [-0.4, -0.2) is 69.9 Å². The van der Waals surface area contributed by atoms with Gasteiger partial charge in [-0.3, -0.25) is 14.4 Å². The number of amides is 1. The lowest BCUT2D eigenvalue weighted by molar-refractivity contribution is -0.153. The molecule has 3 rings (SSSR count). The zero-order valence-corrected chi connectivity index (χ0v) is 23.3. The van der Waals surface area contributed by atoms with Crippen molar-refractivity contribution in [2.45, 2.75) is 64.1 Å². The number of nitrogens with two attached hydrogens (primary N) is 1. The van der Waals surface area contributed by atoms with E-state index >= 15 is 0 Å². The molecule has 10 nitrogen and oxygen atoms in total. The molecule has 0 heterocycles. The van der Waals surface area contributed by atoms with Crippen molar-refractivity contribution >= 4 is 17.5 Å². The molecule has 40 heavy (non-hydrogen) atoms. The van der Waals surface area contributed by atoms with Gasteiger partial charge in [0.25, 0.3) is 0 Å². The summed E-state index contributed by atoms with van der Waals surface area (Å²) in [4.78, 5) is 37.4. The average molecular weight is 561 g/mol. The van der Waals surface area contributed by atoms with E-state index in [9.17, 15) is 34.8 Å². The predicted molar refractivity (Wildman–Crippen MR) is 153 cm³/mol. The first-order valence-electron chi connectivity index (χ1n) is 13.5. The lowest BCUT2D eigenvalue weighted by atomic mass is 9.71. The maximum atomic E-state index is 13.3. The number of rotatable bonds is 14. The van der Waals surface area contributed by atoms with Crippen LogP contribution in [-0.2, 0) is 22.6 Å². The Bertz CT molecular complexity index is 1260. The van der Waals surface area contributed by atoms with Crippen LogP contribution in [0.4, 0.5) is 0 Å². The number of aliphatic hydroxyl groups excluding tert-OH is 2. The number of aliphatic hydroxyl groups is 3. The number of phenolic OH excluding ortho intramolecular Hbond substituents is 1. The van der Waals surface area contributed by atoms with Crippen LogP contribution in [0.25, 0.3) is 11.1 Å². The number of methoxy groups -OCH3 is 1. The molecule has 0 aliphatic heterocycles. The molecule has 0 radical (unpaired) electrons. The Morgan fingerprint density at radius 1 is 1.18 bits per heavy atom. The van der Waals surface area contributed by atoms with E-state index in [0.717, 1.165) is 16.7 Å². The Morgan fingerprint density at radius 3 is 2.50 bits per heavy atom. The molecule has 0 saturated carbocycles. The highest BCUT2D eigenvalue weighted by Gasteiger charge is 2.45. The highest BCUT2D eigenvalue weighted by molar-refractivity contribution is 6.03. The Morgan fingerprint density at radius 2 is 1.90 bits per heavy atom. The first-order chi connectivity index (χ1) is 18.9. The second kappa shape index (κ2) is 13.4. The minimum atomic E-state index is -2.30. The Labute approximate surface area is 237 Å². The van der Waals surface area contributed by atoms with Crippen molar-refractivity contribution in [1.29, 1.82) is 0 Å². The molecule has 3 atom stereocenters. The summed E-state index contributed by atoms with van der Waals surface area (Å²) in [6, 6.07) is 9.31. The van der Waals surface area contributed by atoms with Crippen molar-refractivity contribution in [3.05, 3.63) is 47.0 Å². The monoisotopic (exact) mass is 560 g/mol. The topological polar surface area (TPSA) is 179 Å². The van der Waals surface area contributed by atoms with Crippen LogP contribution in [0.15, 0.2) is 30.3 Å². The SMILES string of the molecule is COc1ccc(CNC(C)C)cc1-c1ccc(O)c2c1CC(CC(CCO)[C@](O)(CO)C(=O)CC(N)=O)CC2=O.[HH].[HH]. The summed E-state index contributed by atoms with van der Waals surface area (Å²) in [6.45, 7) is 3.39. The molecule has 222 valence electrons. The van der Waals surface area contributed by atoms with Gasteiger partial charge in [-0.05, 0) is 66.0 Å². The van der Waals surface area contributed by atoms with Gasteiger partial charge in [-0.15, -0.1) is 0 Å². The number of carbonyl (C=O) groups is 3. The molecule has 2 unspecified atom stereocenters. The summed E-state index contributed by atoms with van der Waals surface area (Å²) in [7, 11) is 1.56. The maximum Gasteiger partial charge on any atom is 0.224 e. The Hall–Kier alpha value is -3.31. The van der Waals surface area contributed by atoms with E-state index in [-0.39, 0.29) is 57.8 Å². The third kappa shape index (κ3) is 6.87. The van der Waals surface area contributed by atoms with Gasteiger partial charge in [0.1, 0.15) is 17.1 Å². The molecule has 7 N–H and O–H groups in total. The summed E-state index contributed by atoms with van der Waals surface area (Å²) in [5.74, 6) is -3.02. The fraction of sp³-hybridized carbons (Fsp3) is 0.500. The second-order valence-corrected chi connectivity index (χ2v) is 10.8. The average Bonchev–Trinajstić information content (AvgIpc) is 2.90. The van der Waals surface area contributed by atoms with Crippen molar-refractivity contribution in [2.24, 2.45) is 17.6 Å². The van der Waals surface area contributed by atoms with Crippen LogP contribution < -0.4 is 15.8 Å². The number of aromatic hydroxyl groups is 1. The molecule has 0 bridgehead atoms. The standard InChI is InChI=1S/C30H40N2O8.2H2/c1-17(2)32-15-18-4-7-26(40-3)22(11-18)21-5-6-24(35)29-23(21)12-19(13-25(29)36)10-20(8-9-33)30(39,16-34)27(37)14-28(31)38;;/h4-7,11,17,19-20,32-35,39H,8-10,12-16H2,1-3H3,(H2,31,38);2*1H/t19?,20?,30-;;/m1../s1. The zero-order valence-electron chi connectivity index (χ0n) is 23.3. The van der Waals surface area contributed by atoms with E-state index in [2.05, 4.69) is 19.2 Å². The van der Waals surface area contributed by atoms with Gasteiger partial charge in [0, 0.05) is 34.0 Å². The van der Waals surface area contributed by atoms with E-state index in [1.807, 2.05) is 18.2 Å². The fourth-order valence-corrected chi connectivity index (χ4v) is 5.57. The molecule has 2 aromatic carbocycles. The third-order valence-corrected chi connectivity index (χ3v) is 7.63. The number of nitrogens with one attached hydrogen (secondary N) is 1. The summed E-state index contributed by atoms with van der Waals surface area (Å²) in [6.07, 6.45) is -0.323. The smallest absolute Gasteiger partial charge is 0.224 e. The van der Waals surface area contributed by atoms with Gasteiger partial charge in [-0.1, -0.05) is 26.0 Å². The number of ketones is 2. The van der Waals surface area contributed by atoms with Crippen LogP contribution in [0.2, 0.25) is 0 Å². The van der Waals surface area contributed by atoms with Gasteiger partial charge in [0.2, 0.25) is 5.91 Å². The largest absolute Gasteiger partial charge is 0.507 e. The quantitative estimate of drug-likeness (QED) is 0.189. The number of benzene rings is 2. The van der Waals surface area contributed by atoms with Crippen molar-refractivity contribution in [1.82, 2.24) is 5.32 Å². The van der Waals surface area contributed by atoms with E-state index in [4.69, 9.17) is 10.5 Å². The number of hydrogen-bond acceptors (Lipinski definition) is 9. The van der Waals surface area contributed by atoms with Crippen molar-refractivity contribution in [2.75, 3.05) is 20.3 Å². The summed E-state index contributed by atoms with van der Waals surface area (Å²) in [5, 5.41) is 44.8. The number of carbonyl (C=O) groups excluding carboxylic acids is 3. The zero-order chi connectivity index (χ0) is 29.6. The van der Waals surface area contributed by atoms with Gasteiger partial charge < -0.3 is 36.2 Å². The number of fused-ring (bicyclic) bond motifs is 1. The molecule has 10 heteroatoms. The summed E-state index contributed by atoms with van der Waals surface area (Å²) in [5.41, 5.74) is 6.17. The van der Waals surface area contributed by atoms with Gasteiger partial charge in [0.05, 0.1) is 25.7 Å². The Balaban J connectivity index is 0.00000441. The summed E-state index contributed by atoms with van der Waals surface area (Å²) >= 11 is 0. The van der Waals surface area contributed by atoms with Gasteiger partial charge in [0.15, 0.2) is 11.6 Å². The molecule has 1 amide bonds. The molecular formula is C30H44N2O8. The first-order valence-corrected chi connectivity index (χ1v) is 13.5. The van der Waals surface area contributed by atoms with Gasteiger partial charge >= 0.3 is 0 Å². The van der Waals surface area contributed by atoms with Crippen molar-refractivity contribution in [3.8, 4) is 22.6 Å². The molecular weight excluding hydrogens is 516 g/mol. The van der Waals surface area contributed by atoms with Crippen molar-refractivity contribution < 1.29 is 42.4 Å². The number of hydrogen-bond donors (Lipinski definition) is 6. The molecule has 0 spiro atoms. The highest BCUT2D eigenvalue weighted by Crippen LogP contribution is 2.43. The number of Topliss-reactive ketones (excluding diaryl/α,β-unsaturated/α-hetero) is 2. The minimum absolute atomic E-state index is 0. The normalized spacial score (nSPS) is 17.3. The maximum absolute atomic E-state index is 13.3. The van der Waals surface area contributed by atoms with Crippen LogP contribution in [0.5, 0.6) is 11.5 Å². The van der Waals surface area contributed by atoms with Crippen LogP contribution in [0.1, 0.15) is 63.9 Å². The number of phenols is 1. The molecule has 0 saturated heterocycles. The van der Waals surface area contributed by atoms with Crippen LogP contribution in [0, 0.1) is 11.8 Å². The van der Waals surface area contributed by atoms with Gasteiger partial charge in [-0.2, -0.15) is 0 Å². The van der Waals surface area contributed by atoms with Crippen LogP contribution in [0.3, 0.4) is 0 Å². The van der Waals surface area contributed by atoms with Gasteiger partial charge in [-0.25, -0.2) is 0 Å². The fourth-order valence-electron chi connectivity index (χ4n) is 5.57. The lowest BCUT2D eigenvalue weighted by Crippen LogP contribution is -2.51. The second-order valence-electron chi connectivity index (χ2n) is 10.8. The van der Waals surface area contributed by atoms with E-state index in [0.29, 0.717) is 24.3 Å². The highest BCUT2D eigenvalue weighted by atomic mass is 16.5. The minimum Gasteiger partial charge on any atom is -0.507 e. The first kappa shape index (κ1) is 31.2. The van der Waals surface area contributed by atoms with Crippen LogP contribution >= 0.6 is 0 Å². The number of primary amides is 1. The lowest BCUT2D eigenvalue weighted by Gasteiger charge is -2.36. The molecule has 0 fully saturated rings.